The summed E-state index contributed by atoms with van der Waals surface area (Å²) in [6.07, 6.45) is 0.421. The van der Waals surface area contributed by atoms with E-state index in [1.165, 1.54) is 7.05 Å². The van der Waals surface area contributed by atoms with Gasteiger partial charge >= 0.3 is 5.69 Å². The van der Waals surface area contributed by atoms with Gasteiger partial charge in [0.1, 0.15) is 11.5 Å². The minimum Gasteiger partial charge on any atom is -0.383 e. The number of nitrogen functional groups attached to an aromatic ring is 1. The molecule has 0 bridgehead atoms. The van der Waals surface area contributed by atoms with Gasteiger partial charge in [-0.2, -0.15) is 0 Å². The molecule has 0 aromatic carbocycles. The number of H-pyrrole nitrogens is 1. The number of hydrogen-bond acceptors (Lipinski definition) is 6. The fourth-order valence-corrected chi connectivity index (χ4v) is 3.56. The molecule has 1 unspecified atom stereocenters. The highest BCUT2D eigenvalue weighted by Crippen LogP contribution is 2.17. The monoisotopic (exact) mass is 274 g/mol. The van der Waals surface area contributed by atoms with Crippen molar-refractivity contribution in [3.05, 3.63) is 20.8 Å². The lowest BCUT2D eigenvalue weighted by Crippen LogP contribution is -2.35. The van der Waals surface area contributed by atoms with Crippen LogP contribution in [0.4, 0.5) is 11.5 Å². The fraction of sp³-hybridized carbons (Fsp3) is 0.556. The number of nitrogens with two attached hydrogens (primary N) is 1. The zero-order valence-corrected chi connectivity index (χ0v) is 10.6. The van der Waals surface area contributed by atoms with Gasteiger partial charge in [-0.1, -0.05) is 0 Å². The standard InChI is InChI=1S/C9H14N4O4S/c1-13-7(10)6(8(14)12-9(13)15)11-5-2-3-18(16,17)4-5/h5,11H,2-4,10H2,1H3,(H,12,14,15). The van der Waals surface area contributed by atoms with Crippen molar-refractivity contribution in [2.45, 2.75) is 12.5 Å². The number of nitrogens with zero attached hydrogens (tertiary/aromatic N) is 1. The minimum atomic E-state index is -3.04. The van der Waals surface area contributed by atoms with Gasteiger partial charge < -0.3 is 11.1 Å². The third kappa shape index (κ3) is 2.26. The molecule has 0 radical (unpaired) electrons. The highest BCUT2D eigenvalue weighted by molar-refractivity contribution is 7.91. The number of nitrogens with one attached hydrogen (secondary N) is 2. The molecular weight excluding hydrogens is 260 g/mol. The van der Waals surface area contributed by atoms with Crippen LogP contribution in [0.2, 0.25) is 0 Å². The minimum absolute atomic E-state index is 0.00644. The van der Waals surface area contributed by atoms with Gasteiger partial charge in [-0.3, -0.25) is 14.3 Å². The quantitative estimate of drug-likeness (QED) is 0.587. The molecule has 1 aliphatic heterocycles. The van der Waals surface area contributed by atoms with Crippen molar-refractivity contribution >= 4 is 21.3 Å². The van der Waals surface area contributed by atoms with E-state index in [2.05, 4.69) is 10.3 Å². The number of aromatic amines is 1. The summed E-state index contributed by atoms with van der Waals surface area (Å²) in [6.45, 7) is 0. The van der Waals surface area contributed by atoms with E-state index in [1.807, 2.05) is 0 Å². The van der Waals surface area contributed by atoms with Crippen molar-refractivity contribution in [1.82, 2.24) is 9.55 Å². The predicted octanol–water partition coefficient (Wildman–Crippen LogP) is -1.75. The molecule has 9 heteroatoms. The van der Waals surface area contributed by atoms with E-state index in [0.29, 0.717) is 6.42 Å². The lowest BCUT2D eigenvalue weighted by molar-refractivity contribution is 0.602. The Kier molecular flexibility index (Phi) is 2.93. The lowest BCUT2D eigenvalue weighted by atomic mass is 10.2. The summed E-state index contributed by atoms with van der Waals surface area (Å²) >= 11 is 0. The van der Waals surface area contributed by atoms with E-state index < -0.39 is 21.1 Å². The van der Waals surface area contributed by atoms with E-state index in [1.54, 1.807) is 0 Å². The van der Waals surface area contributed by atoms with E-state index in [9.17, 15) is 18.0 Å². The summed E-state index contributed by atoms with van der Waals surface area (Å²) in [5.74, 6) is 0.0521. The molecule has 100 valence electrons. The average molecular weight is 274 g/mol. The Bertz CT molecular complexity index is 687. The van der Waals surface area contributed by atoms with E-state index in [-0.39, 0.29) is 29.1 Å². The maximum atomic E-state index is 11.6. The van der Waals surface area contributed by atoms with Crippen LogP contribution in [0.25, 0.3) is 0 Å². The van der Waals surface area contributed by atoms with Crippen LogP contribution < -0.4 is 22.3 Å². The number of hydrogen-bond donors (Lipinski definition) is 3. The number of rotatable bonds is 2. The van der Waals surface area contributed by atoms with Gasteiger partial charge in [0.25, 0.3) is 5.56 Å². The van der Waals surface area contributed by atoms with Crippen molar-refractivity contribution in [1.29, 1.82) is 0 Å². The second-order valence-corrected chi connectivity index (χ2v) is 6.55. The summed E-state index contributed by atoms with van der Waals surface area (Å²) in [4.78, 5) is 25.0. The van der Waals surface area contributed by atoms with Crippen LogP contribution in [0.5, 0.6) is 0 Å². The Labute approximate surface area is 103 Å². The fourth-order valence-electron chi connectivity index (χ4n) is 1.89. The Morgan fingerprint density at radius 2 is 2.11 bits per heavy atom. The van der Waals surface area contributed by atoms with Crippen molar-refractivity contribution in [2.75, 3.05) is 22.6 Å². The Hall–Kier alpha value is -1.77. The van der Waals surface area contributed by atoms with Crippen molar-refractivity contribution < 1.29 is 8.42 Å². The molecule has 2 rings (SSSR count). The zero-order valence-electron chi connectivity index (χ0n) is 9.76. The van der Waals surface area contributed by atoms with Gasteiger partial charge in [-0.25, -0.2) is 13.2 Å². The topological polar surface area (TPSA) is 127 Å². The molecule has 1 aromatic rings. The number of sulfone groups is 1. The van der Waals surface area contributed by atoms with E-state index >= 15 is 0 Å². The SMILES string of the molecule is Cn1c(N)c(NC2CCS(=O)(=O)C2)c(=O)[nH]c1=O. The molecule has 1 fully saturated rings. The molecule has 0 aliphatic carbocycles. The van der Waals surface area contributed by atoms with Gasteiger partial charge in [0.05, 0.1) is 11.5 Å². The number of anilines is 2. The summed E-state index contributed by atoms with van der Waals surface area (Å²) in [5.41, 5.74) is 4.45. The summed E-state index contributed by atoms with van der Waals surface area (Å²) in [5, 5.41) is 2.79. The second-order valence-electron chi connectivity index (χ2n) is 4.32. The van der Waals surface area contributed by atoms with E-state index in [0.717, 1.165) is 4.57 Å². The molecule has 0 spiro atoms. The Balaban J connectivity index is 2.34. The molecule has 1 saturated heterocycles. The van der Waals surface area contributed by atoms with Crippen molar-refractivity contribution in [2.24, 2.45) is 7.05 Å². The lowest BCUT2D eigenvalue weighted by Gasteiger charge is -2.14. The highest BCUT2D eigenvalue weighted by Gasteiger charge is 2.29. The average Bonchev–Trinajstić information content (AvgIpc) is 2.61. The molecule has 8 nitrogen and oxygen atoms in total. The normalized spacial score (nSPS) is 21.9. The van der Waals surface area contributed by atoms with E-state index in [4.69, 9.17) is 5.73 Å². The summed E-state index contributed by atoms with van der Waals surface area (Å²) in [6, 6.07) is -0.351. The molecule has 4 N–H and O–H groups in total. The van der Waals surface area contributed by atoms with Crippen LogP contribution in [-0.4, -0.2) is 35.5 Å². The Morgan fingerprint density at radius 1 is 1.44 bits per heavy atom. The maximum Gasteiger partial charge on any atom is 0.329 e. The maximum absolute atomic E-state index is 11.6. The van der Waals surface area contributed by atoms with Gasteiger partial charge in [0, 0.05) is 13.1 Å². The van der Waals surface area contributed by atoms with Crippen LogP contribution in [0.1, 0.15) is 6.42 Å². The molecule has 1 atom stereocenters. The van der Waals surface area contributed by atoms with Gasteiger partial charge in [-0.15, -0.1) is 0 Å². The van der Waals surface area contributed by atoms with Crippen LogP contribution in [0, 0.1) is 0 Å². The summed E-state index contributed by atoms with van der Waals surface area (Å²) < 4.78 is 23.7. The molecule has 2 heterocycles. The highest BCUT2D eigenvalue weighted by atomic mass is 32.2. The molecule has 0 saturated carbocycles. The van der Waals surface area contributed by atoms with Crippen LogP contribution >= 0.6 is 0 Å². The first-order chi connectivity index (χ1) is 8.30. The molecule has 0 amide bonds. The molecular formula is C9H14N4O4S. The summed E-state index contributed by atoms with van der Waals surface area (Å²) in [7, 11) is -1.62. The smallest absolute Gasteiger partial charge is 0.329 e. The van der Waals surface area contributed by atoms with Gasteiger partial charge in [0.15, 0.2) is 9.84 Å². The predicted molar refractivity (Wildman–Crippen MR) is 67.4 cm³/mol. The first-order valence-electron chi connectivity index (χ1n) is 5.36. The van der Waals surface area contributed by atoms with Gasteiger partial charge in [0.2, 0.25) is 0 Å². The Morgan fingerprint density at radius 3 is 2.67 bits per heavy atom. The second kappa shape index (κ2) is 4.16. The van der Waals surface area contributed by atoms with Crippen molar-refractivity contribution in [3.63, 3.8) is 0 Å². The molecule has 1 aliphatic rings. The third-order valence-corrected chi connectivity index (χ3v) is 4.72. The molecule has 1 aromatic heterocycles. The molecule has 18 heavy (non-hydrogen) atoms. The third-order valence-electron chi connectivity index (χ3n) is 2.95. The largest absolute Gasteiger partial charge is 0.383 e. The van der Waals surface area contributed by atoms with Gasteiger partial charge in [-0.05, 0) is 6.42 Å². The van der Waals surface area contributed by atoms with Crippen LogP contribution in [0.15, 0.2) is 9.59 Å². The van der Waals surface area contributed by atoms with Crippen LogP contribution in [-0.2, 0) is 16.9 Å². The van der Waals surface area contributed by atoms with Crippen molar-refractivity contribution in [3.8, 4) is 0 Å². The van der Waals surface area contributed by atoms with Crippen LogP contribution in [0.3, 0.4) is 0 Å². The number of aromatic nitrogens is 2. The zero-order chi connectivity index (χ0) is 13.5. The first kappa shape index (κ1) is 12.7. The first-order valence-corrected chi connectivity index (χ1v) is 7.18.